The van der Waals surface area contributed by atoms with Crippen LogP contribution in [0.5, 0.6) is 11.5 Å². The van der Waals surface area contributed by atoms with Gasteiger partial charge < -0.3 is 9.47 Å². The van der Waals surface area contributed by atoms with Crippen molar-refractivity contribution in [1.82, 2.24) is 4.98 Å². The predicted molar refractivity (Wildman–Crippen MR) is 141 cm³/mol. The smallest absolute Gasteiger partial charge is 0.118 e. The first-order chi connectivity index (χ1) is 16.8. The molecule has 0 saturated carbocycles. The van der Waals surface area contributed by atoms with Crippen molar-refractivity contribution in [2.75, 3.05) is 14.2 Å². The van der Waals surface area contributed by atoms with E-state index in [0.717, 1.165) is 38.9 Å². The summed E-state index contributed by atoms with van der Waals surface area (Å²) in [6.07, 6.45) is 2.02. The van der Waals surface area contributed by atoms with Crippen LogP contribution in [0.1, 0.15) is 0 Å². The van der Waals surface area contributed by atoms with Crippen LogP contribution in [-0.4, -0.2) is 19.2 Å². The van der Waals surface area contributed by atoms with Gasteiger partial charge in [0, 0.05) is 22.4 Å². The minimum absolute atomic E-state index is 0.843. The maximum atomic E-state index is 5.43. The van der Waals surface area contributed by atoms with Crippen molar-refractivity contribution in [1.29, 1.82) is 0 Å². The Morgan fingerprint density at radius 2 is 1.00 bits per heavy atom. The lowest BCUT2D eigenvalue weighted by atomic mass is 9.85. The summed E-state index contributed by atoms with van der Waals surface area (Å²) < 4.78 is 10.8. The van der Waals surface area contributed by atoms with Crippen LogP contribution >= 0.6 is 0 Å². The molecule has 0 aliphatic rings. The molecule has 1 aromatic heterocycles. The van der Waals surface area contributed by atoms with E-state index in [-0.39, 0.29) is 0 Å². The van der Waals surface area contributed by atoms with Crippen LogP contribution in [0.3, 0.4) is 0 Å². The molecule has 0 unspecified atom stereocenters. The number of rotatable bonds is 4. The van der Waals surface area contributed by atoms with E-state index >= 15 is 0 Å². The fraction of sp³-hybridized carbons (Fsp3) is 0.0645. The van der Waals surface area contributed by atoms with Crippen molar-refractivity contribution in [3.8, 4) is 33.8 Å². The van der Waals surface area contributed by atoms with Crippen LogP contribution in [-0.2, 0) is 0 Å². The maximum Gasteiger partial charge on any atom is 0.118 e. The molecule has 0 fully saturated rings. The second kappa shape index (κ2) is 8.20. The standard InChI is InChI=1S/C31H23NO2/c1-33-22-15-11-20(12-16-22)29-24-7-3-4-8-25(24)30(21-13-17-23(34-2)18-14-21)31-26-9-5-6-10-28(26)32-19-27(29)31/h3-19H,1-2H3. The van der Waals surface area contributed by atoms with Gasteiger partial charge in [-0.05, 0) is 63.4 Å². The average Bonchev–Trinajstić information content (AvgIpc) is 2.91. The largest absolute Gasteiger partial charge is 0.497 e. The number of nitrogens with zero attached hydrogens (tertiary/aromatic N) is 1. The van der Waals surface area contributed by atoms with Crippen LogP contribution in [0.2, 0.25) is 0 Å². The maximum absolute atomic E-state index is 5.43. The third kappa shape index (κ3) is 3.17. The molecule has 0 aliphatic carbocycles. The Labute approximate surface area is 198 Å². The quantitative estimate of drug-likeness (QED) is 0.206. The van der Waals surface area contributed by atoms with Gasteiger partial charge in [-0.1, -0.05) is 66.7 Å². The molecule has 0 N–H and O–H groups in total. The van der Waals surface area contributed by atoms with Crippen molar-refractivity contribution in [2.24, 2.45) is 0 Å². The number of fused-ring (bicyclic) bond motifs is 4. The number of ether oxygens (including phenoxy) is 2. The highest BCUT2D eigenvalue weighted by Gasteiger charge is 2.19. The van der Waals surface area contributed by atoms with E-state index in [1.807, 2.05) is 36.5 Å². The number of para-hydroxylation sites is 1. The van der Waals surface area contributed by atoms with Crippen molar-refractivity contribution >= 4 is 32.4 Å². The summed E-state index contributed by atoms with van der Waals surface area (Å²) in [5.41, 5.74) is 5.67. The lowest BCUT2D eigenvalue weighted by Crippen LogP contribution is -1.93. The minimum Gasteiger partial charge on any atom is -0.497 e. The normalized spacial score (nSPS) is 11.2. The summed E-state index contributed by atoms with van der Waals surface area (Å²) in [4.78, 5) is 4.85. The molecule has 0 spiro atoms. The molecule has 3 heteroatoms. The van der Waals surface area contributed by atoms with Crippen LogP contribution in [0.25, 0.3) is 54.7 Å². The zero-order chi connectivity index (χ0) is 23.1. The van der Waals surface area contributed by atoms with Gasteiger partial charge in [-0.15, -0.1) is 0 Å². The van der Waals surface area contributed by atoms with E-state index < -0.39 is 0 Å². The summed E-state index contributed by atoms with van der Waals surface area (Å²) in [5.74, 6) is 1.69. The van der Waals surface area contributed by atoms with E-state index in [2.05, 4.69) is 66.7 Å². The molecule has 5 aromatic carbocycles. The summed E-state index contributed by atoms with van der Waals surface area (Å²) in [5, 5.41) is 5.89. The Hall–Kier alpha value is -4.37. The van der Waals surface area contributed by atoms with Gasteiger partial charge in [0.2, 0.25) is 0 Å². The van der Waals surface area contributed by atoms with Gasteiger partial charge in [0.05, 0.1) is 19.7 Å². The van der Waals surface area contributed by atoms with Crippen LogP contribution in [0.15, 0.2) is 103 Å². The molecule has 164 valence electrons. The number of benzene rings is 5. The molecule has 0 amide bonds. The molecule has 1 heterocycles. The van der Waals surface area contributed by atoms with Gasteiger partial charge >= 0.3 is 0 Å². The van der Waals surface area contributed by atoms with Gasteiger partial charge in [-0.2, -0.15) is 0 Å². The van der Waals surface area contributed by atoms with Crippen LogP contribution < -0.4 is 9.47 Å². The topological polar surface area (TPSA) is 31.4 Å². The molecule has 34 heavy (non-hydrogen) atoms. The molecular formula is C31H23NO2. The first kappa shape index (κ1) is 20.3. The van der Waals surface area contributed by atoms with Gasteiger partial charge in [-0.25, -0.2) is 0 Å². The zero-order valence-corrected chi connectivity index (χ0v) is 19.1. The van der Waals surface area contributed by atoms with Gasteiger partial charge in [-0.3, -0.25) is 4.98 Å². The number of aromatic nitrogens is 1. The van der Waals surface area contributed by atoms with Crippen molar-refractivity contribution in [3.63, 3.8) is 0 Å². The summed E-state index contributed by atoms with van der Waals surface area (Å²) in [6, 6.07) is 33.6. The highest BCUT2D eigenvalue weighted by molar-refractivity contribution is 6.27. The third-order valence-electron chi connectivity index (χ3n) is 6.52. The zero-order valence-electron chi connectivity index (χ0n) is 19.1. The molecule has 6 aromatic rings. The fourth-order valence-electron chi connectivity index (χ4n) is 4.93. The third-order valence-corrected chi connectivity index (χ3v) is 6.52. The molecule has 0 saturated heterocycles. The second-order valence-corrected chi connectivity index (χ2v) is 8.32. The highest BCUT2D eigenvalue weighted by Crippen LogP contribution is 2.45. The molecule has 0 atom stereocenters. The number of hydrogen-bond acceptors (Lipinski definition) is 3. The highest BCUT2D eigenvalue weighted by atomic mass is 16.5. The lowest BCUT2D eigenvalue weighted by molar-refractivity contribution is 0.415. The van der Waals surface area contributed by atoms with Crippen molar-refractivity contribution in [3.05, 3.63) is 103 Å². The second-order valence-electron chi connectivity index (χ2n) is 8.32. The summed E-state index contributed by atoms with van der Waals surface area (Å²) >= 11 is 0. The van der Waals surface area contributed by atoms with E-state index in [0.29, 0.717) is 0 Å². The van der Waals surface area contributed by atoms with Crippen LogP contribution in [0.4, 0.5) is 0 Å². The van der Waals surface area contributed by atoms with Crippen molar-refractivity contribution < 1.29 is 9.47 Å². The molecule has 6 rings (SSSR count). The fourth-order valence-corrected chi connectivity index (χ4v) is 4.93. The van der Waals surface area contributed by atoms with E-state index in [1.165, 1.54) is 27.3 Å². The molecule has 0 radical (unpaired) electrons. The van der Waals surface area contributed by atoms with E-state index in [1.54, 1.807) is 14.2 Å². The molecule has 3 nitrogen and oxygen atoms in total. The Bertz CT molecular complexity index is 1650. The first-order valence-corrected chi connectivity index (χ1v) is 11.3. The Balaban J connectivity index is 1.82. The Morgan fingerprint density at radius 3 is 1.59 bits per heavy atom. The van der Waals surface area contributed by atoms with E-state index in [4.69, 9.17) is 14.5 Å². The number of hydrogen-bond donors (Lipinski definition) is 0. The SMILES string of the molecule is COc1ccc(-c2c3ccccc3c(-c3ccc(OC)cc3)c3c2cnc2ccccc23)cc1. The Kier molecular flexibility index (Phi) is 4.88. The van der Waals surface area contributed by atoms with Gasteiger partial charge in [0.15, 0.2) is 0 Å². The minimum atomic E-state index is 0.843. The predicted octanol–water partition coefficient (Wildman–Crippen LogP) is 7.89. The number of methoxy groups -OCH3 is 2. The summed E-state index contributed by atoms with van der Waals surface area (Å²) in [6.45, 7) is 0. The average molecular weight is 442 g/mol. The number of pyridine rings is 1. The van der Waals surface area contributed by atoms with Gasteiger partial charge in [0.25, 0.3) is 0 Å². The lowest BCUT2D eigenvalue weighted by Gasteiger charge is -2.19. The molecule has 0 bridgehead atoms. The molecule has 0 aliphatic heterocycles. The van der Waals surface area contributed by atoms with Gasteiger partial charge in [0.1, 0.15) is 11.5 Å². The Morgan fingerprint density at radius 1 is 0.500 bits per heavy atom. The summed E-state index contributed by atoms with van der Waals surface area (Å²) in [7, 11) is 3.39. The van der Waals surface area contributed by atoms with E-state index in [9.17, 15) is 0 Å². The molecular weight excluding hydrogens is 418 g/mol. The van der Waals surface area contributed by atoms with Crippen molar-refractivity contribution in [2.45, 2.75) is 0 Å². The monoisotopic (exact) mass is 441 g/mol. The van der Waals surface area contributed by atoms with Crippen LogP contribution in [0, 0.1) is 0 Å². The first-order valence-electron chi connectivity index (χ1n) is 11.3.